The lowest BCUT2D eigenvalue weighted by Crippen LogP contribution is -2.15. The Morgan fingerprint density at radius 2 is 2.06 bits per heavy atom. The maximum absolute atomic E-state index is 11.2. The SMILES string of the molecule is NS(=O)(=O)c1ccc2c(c1)/C(=N/O)C(=O)N2. The van der Waals surface area contributed by atoms with Gasteiger partial charge < -0.3 is 10.5 Å². The molecular weight excluding hydrogens is 234 g/mol. The largest absolute Gasteiger partial charge is 0.410 e. The lowest BCUT2D eigenvalue weighted by molar-refractivity contribution is -0.110. The number of carbonyl (C=O) groups excluding carboxylic acids is 1. The van der Waals surface area contributed by atoms with Crippen LogP contribution in [0.15, 0.2) is 28.3 Å². The van der Waals surface area contributed by atoms with Crippen LogP contribution in [0.1, 0.15) is 5.56 Å². The lowest BCUT2D eigenvalue weighted by Gasteiger charge is -2.00. The van der Waals surface area contributed by atoms with Crippen LogP contribution in [0.3, 0.4) is 0 Å². The number of nitrogens with zero attached hydrogens (tertiary/aromatic N) is 1. The quantitative estimate of drug-likeness (QED) is 0.451. The van der Waals surface area contributed by atoms with E-state index in [9.17, 15) is 13.2 Å². The Bertz CT molecular complexity index is 606. The third-order valence-corrected chi connectivity index (χ3v) is 3.05. The van der Waals surface area contributed by atoms with Crippen molar-refractivity contribution in [1.82, 2.24) is 0 Å². The molecule has 1 aromatic carbocycles. The van der Waals surface area contributed by atoms with Crippen molar-refractivity contribution >= 4 is 27.3 Å². The van der Waals surface area contributed by atoms with E-state index in [1.54, 1.807) is 0 Å². The Kier molecular flexibility index (Phi) is 2.17. The number of primary sulfonamides is 1. The average molecular weight is 241 g/mol. The lowest BCUT2D eigenvalue weighted by atomic mass is 10.1. The van der Waals surface area contributed by atoms with E-state index in [0.29, 0.717) is 5.69 Å². The van der Waals surface area contributed by atoms with Gasteiger partial charge in [0.15, 0.2) is 5.71 Å². The summed E-state index contributed by atoms with van der Waals surface area (Å²) >= 11 is 0. The number of carbonyl (C=O) groups is 1. The monoisotopic (exact) mass is 241 g/mol. The second kappa shape index (κ2) is 3.29. The van der Waals surface area contributed by atoms with Crippen LogP contribution in [0.25, 0.3) is 0 Å². The molecule has 1 aromatic rings. The Labute approximate surface area is 90.6 Å². The van der Waals surface area contributed by atoms with Crippen molar-refractivity contribution in [3.05, 3.63) is 23.8 Å². The summed E-state index contributed by atoms with van der Waals surface area (Å²) in [6.07, 6.45) is 0. The van der Waals surface area contributed by atoms with Gasteiger partial charge in [-0.25, -0.2) is 13.6 Å². The van der Waals surface area contributed by atoms with E-state index in [2.05, 4.69) is 10.5 Å². The molecule has 0 radical (unpaired) electrons. The van der Waals surface area contributed by atoms with E-state index in [-0.39, 0.29) is 16.2 Å². The van der Waals surface area contributed by atoms with Gasteiger partial charge in [-0.15, -0.1) is 0 Å². The van der Waals surface area contributed by atoms with Crippen molar-refractivity contribution in [3.8, 4) is 0 Å². The molecular formula is C8H7N3O4S. The summed E-state index contributed by atoms with van der Waals surface area (Å²) in [5.74, 6) is -0.593. The summed E-state index contributed by atoms with van der Waals surface area (Å²) in [5, 5.41) is 18.8. The van der Waals surface area contributed by atoms with Gasteiger partial charge in [0, 0.05) is 5.56 Å². The van der Waals surface area contributed by atoms with E-state index >= 15 is 0 Å². The molecule has 4 N–H and O–H groups in total. The number of hydrogen-bond donors (Lipinski definition) is 3. The number of amides is 1. The van der Waals surface area contributed by atoms with Crippen LogP contribution in [-0.2, 0) is 14.8 Å². The van der Waals surface area contributed by atoms with E-state index in [0.717, 1.165) is 0 Å². The van der Waals surface area contributed by atoms with Crippen LogP contribution in [0.2, 0.25) is 0 Å². The maximum Gasteiger partial charge on any atom is 0.278 e. The fourth-order valence-corrected chi connectivity index (χ4v) is 1.95. The van der Waals surface area contributed by atoms with Crippen molar-refractivity contribution in [3.63, 3.8) is 0 Å². The van der Waals surface area contributed by atoms with Gasteiger partial charge in [0.1, 0.15) is 0 Å². The molecule has 0 saturated heterocycles. The fraction of sp³-hybridized carbons (Fsp3) is 0. The molecule has 0 atom stereocenters. The van der Waals surface area contributed by atoms with Gasteiger partial charge in [-0.3, -0.25) is 4.79 Å². The first-order valence-corrected chi connectivity index (χ1v) is 5.69. The van der Waals surface area contributed by atoms with E-state index in [1.165, 1.54) is 18.2 Å². The summed E-state index contributed by atoms with van der Waals surface area (Å²) in [4.78, 5) is 11.1. The number of fused-ring (bicyclic) bond motifs is 1. The average Bonchev–Trinajstić information content (AvgIpc) is 2.50. The first-order chi connectivity index (χ1) is 7.43. The highest BCUT2D eigenvalue weighted by Gasteiger charge is 2.27. The molecule has 7 nitrogen and oxygen atoms in total. The van der Waals surface area contributed by atoms with Gasteiger partial charge in [-0.2, -0.15) is 0 Å². The number of benzene rings is 1. The number of hydrogen-bond acceptors (Lipinski definition) is 5. The van der Waals surface area contributed by atoms with Gasteiger partial charge in [0.2, 0.25) is 10.0 Å². The minimum atomic E-state index is -3.85. The van der Waals surface area contributed by atoms with Crippen LogP contribution in [0, 0.1) is 0 Å². The predicted octanol–water partition coefficient (Wildman–Crippen LogP) is -0.536. The molecule has 1 heterocycles. The Hall–Kier alpha value is -1.93. The maximum atomic E-state index is 11.2. The molecule has 0 aromatic heterocycles. The van der Waals surface area contributed by atoms with Gasteiger partial charge in [0.05, 0.1) is 10.6 Å². The van der Waals surface area contributed by atoms with Crippen molar-refractivity contribution in [1.29, 1.82) is 0 Å². The third kappa shape index (κ3) is 1.53. The molecule has 16 heavy (non-hydrogen) atoms. The van der Waals surface area contributed by atoms with Gasteiger partial charge in [0.25, 0.3) is 5.91 Å². The summed E-state index contributed by atoms with van der Waals surface area (Å²) < 4.78 is 22.2. The third-order valence-electron chi connectivity index (χ3n) is 2.14. The molecule has 0 saturated carbocycles. The zero-order valence-corrected chi connectivity index (χ0v) is 8.65. The summed E-state index contributed by atoms with van der Waals surface area (Å²) in [6, 6.07) is 3.82. The Morgan fingerprint density at radius 1 is 1.38 bits per heavy atom. The van der Waals surface area contributed by atoms with E-state index in [4.69, 9.17) is 10.3 Å². The zero-order chi connectivity index (χ0) is 11.9. The van der Waals surface area contributed by atoms with Crippen molar-refractivity contribution in [2.45, 2.75) is 4.90 Å². The zero-order valence-electron chi connectivity index (χ0n) is 7.84. The molecule has 1 amide bonds. The fourth-order valence-electron chi connectivity index (χ4n) is 1.41. The van der Waals surface area contributed by atoms with Crippen molar-refractivity contribution < 1.29 is 18.4 Å². The second-order valence-corrected chi connectivity index (χ2v) is 4.72. The number of oxime groups is 1. The summed E-state index contributed by atoms with van der Waals surface area (Å²) in [6.45, 7) is 0. The highest BCUT2D eigenvalue weighted by molar-refractivity contribution is 7.89. The first-order valence-electron chi connectivity index (χ1n) is 4.14. The number of nitrogens with one attached hydrogen (secondary N) is 1. The Morgan fingerprint density at radius 3 is 2.62 bits per heavy atom. The minimum Gasteiger partial charge on any atom is -0.410 e. The van der Waals surface area contributed by atoms with E-state index in [1.807, 2.05) is 0 Å². The molecule has 1 aliphatic heterocycles. The second-order valence-electron chi connectivity index (χ2n) is 3.16. The molecule has 0 aliphatic carbocycles. The molecule has 0 bridgehead atoms. The van der Waals surface area contributed by atoms with Gasteiger partial charge in [-0.1, -0.05) is 5.16 Å². The molecule has 8 heteroatoms. The van der Waals surface area contributed by atoms with Crippen LogP contribution in [0.4, 0.5) is 5.69 Å². The molecule has 1 aliphatic rings. The van der Waals surface area contributed by atoms with Crippen molar-refractivity contribution in [2.75, 3.05) is 5.32 Å². The smallest absolute Gasteiger partial charge is 0.278 e. The van der Waals surface area contributed by atoms with Crippen molar-refractivity contribution in [2.24, 2.45) is 10.3 Å². The number of nitrogens with two attached hydrogens (primary N) is 1. The van der Waals surface area contributed by atoms with Gasteiger partial charge >= 0.3 is 0 Å². The van der Waals surface area contributed by atoms with Crippen LogP contribution in [0.5, 0.6) is 0 Å². The highest BCUT2D eigenvalue weighted by atomic mass is 32.2. The molecule has 84 valence electrons. The van der Waals surface area contributed by atoms with Crippen LogP contribution in [-0.4, -0.2) is 25.2 Å². The number of anilines is 1. The summed E-state index contributed by atoms with van der Waals surface area (Å²) in [7, 11) is -3.85. The Balaban J connectivity index is 2.65. The predicted molar refractivity (Wildman–Crippen MR) is 54.8 cm³/mol. The molecule has 0 unspecified atom stereocenters. The normalized spacial score (nSPS) is 17.3. The van der Waals surface area contributed by atoms with E-state index < -0.39 is 15.9 Å². The molecule has 2 rings (SSSR count). The topological polar surface area (TPSA) is 122 Å². The first kappa shape index (κ1) is 10.6. The molecule has 0 spiro atoms. The number of rotatable bonds is 1. The number of sulfonamides is 1. The van der Waals surface area contributed by atoms with Crippen LogP contribution >= 0.6 is 0 Å². The summed E-state index contributed by atoms with van der Waals surface area (Å²) in [5.41, 5.74) is 0.352. The minimum absolute atomic E-state index is 0.149. The standard InChI is InChI=1S/C8H7N3O4S/c9-16(14,15)4-1-2-6-5(3-4)7(11-13)8(12)10-6/h1-3,13H,(H2,9,14,15)(H,10,11,12). The van der Waals surface area contributed by atoms with Gasteiger partial charge in [-0.05, 0) is 18.2 Å². The highest BCUT2D eigenvalue weighted by Crippen LogP contribution is 2.25. The molecule has 0 fully saturated rings. The van der Waals surface area contributed by atoms with Crippen LogP contribution < -0.4 is 10.5 Å².